The van der Waals surface area contributed by atoms with Crippen molar-refractivity contribution in [2.24, 2.45) is 0 Å². The molecule has 0 bridgehead atoms. The molecule has 0 atom stereocenters. The zero-order valence-corrected chi connectivity index (χ0v) is 16.1. The van der Waals surface area contributed by atoms with E-state index < -0.39 is 12.3 Å². The molecule has 0 saturated heterocycles. The number of aliphatic hydroxyl groups is 3. The highest BCUT2D eigenvalue weighted by Crippen LogP contribution is 2.05. The average molecular weight is 400 g/mol. The third-order valence-electron chi connectivity index (χ3n) is 3.22. The number of aldehydes is 2. The predicted octanol–water partition coefficient (Wildman–Crippen LogP) is 2.12. The average Bonchev–Trinajstić information content (AvgIpc) is 2.78. The lowest BCUT2D eigenvalue weighted by Crippen LogP contribution is -1.96. The van der Waals surface area contributed by atoms with Gasteiger partial charge in [-0.25, -0.2) is 4.79 Å². The van der Waals surface area contributed by atoms with Crippen LogP contribution in [-0.4, -0.2) is 54.4 Å². The van der Waals surface area contributed by atoms with Gasteiger partial charge in [-0.3, -0.25) is 9.59 Å². The van der Waals surface area contributed by atoms with E-state index in [1.54, 1.807) is 60.7 Å². The molecule has 2 aromatic rings. The summed E-state index contributed by atoms with van der Waals surface area (Å²) in [5, 5.41) is 24.1. The summed E-state index contributed by atoms with van der Waals surface area (Å²) in [6.45, 7) is 0. The van der Waals surface area contributed by atoms with Crippen molar-refractivity contribution in [2.75, 3.05) is 14.2 Å². The molecule has 0 aliphatic heterocycles. The molecule has 7 nitrogen and oxygen atoms in total. The lowest BCUT2D eigenvalue weighted by Gasteiger charge is -1.95. The topological polar surface area (TPSA) is 121 Å². The number of hydrogen-bond donors (Lipinski definition) is 3. The standard InChI is InChI=1S/C11H10O3.C10H10O3.CH4O/c1-14-11(13)7-6-9-2-4-10(8-12)5-3-9;11-7-9-3-1-8(2-4-9)5-6-10(12)13;1-2/h2-8H,1H3;1-7,10,12-13H;2H,1H3/b7-6+;6-5+;. The molecule has 0 spiro atoms. The van der Waals surface area contributed by atoms with Gasteiger partial charge in [0.2, 0.25) is 0 Å². The number of ether oxygens (including phenoxy) is 1. The van der Waals surface area contributed by atoms with Crippen LogP contribution >= 0.6 is 0 Å². The fourth-order valence-corrected chi connectivity index (χ4v) is 1.80. The largest absolute Gasteiger partial charge is 0.466 e. The molecule has 0 unspecified atom stereocenters. The van der Waals surface area contributed by atoms with E-state index in [1.165, 1.54) is 19.3 Å². The third-order valence-corrected chi connectivity index (χ3v) is 3.22. The minimum Gasteiger partial charge on any atom is -0.466 e. The molecule has 3 N–H and O–H groups in total. The second kappa shape index (κ2) is 15.6. The smallest absolute Gasteiger partial charge is 0.330 e. The molecule has 0 aliphatic rings. The fourth-order valence-electron chi connectivity index (χ4n) is 1.80. The second-order valence-electron chi connectivity index (χ2n) is 5.20. The Hall–Kier alpha value is -3.39. The van der Waals surface area contributed by atoms with Crippen LogP contribution in [0.5, 0.6) is 0 Å². The number of benzene rings is 2. The van der Waals surface area contributed by atoms with Crippen LogP contribution < -0.4 is 0 Å². The summed E-state index contributed by atoms with van der Waals surface area (Å²) in [5.74, 6) is -0.399. The van der Waals surface area contributed by atoms with E-state index in [-0.39, 0.29) is 0 Å². The number of carbonyl (C=O) groups excluding carboxylic acids is 3. The van der Waals surface area contributed by atoms with Crippen molar-refractivity contribution in [3.63, 3.8) is 0 Å². The monoisotopic (exact) mass is 400 g/mol. The predicted molar refractivity (Wildman–Crippen MR) is 110 cm³/mol. The number of rotatable bonds is 6. The Kier molecular flexibility index (Phi) is 13.8. The van der Waals surface area contributed by atoms with Crippen LogP contribution in [0.15, 0.2) is 60.7 Å². The summed E-state index contributed by atoms with van der Waals surface area (Å²) < 4.78 is 4.43. The van der Waals surface area contributed by atoms with Crippen molar-refractivity contribution in [1.82, 2.24) is 0 Å². The summed E-state index contributed by atoms with van der Waals surface area (Å²) >= 11 is 0. The summed E-state index contributed by atoms with van der Waals surface area (Å²) in [5.41, 5.74) is 2.88. The lowest BCUT2D eigenvalue weighted by molar-refractivity contribution is -0.134. The highest BCUT2D eigenvalue weighted by molar-refractivity contribution is 5.87. The van der Waals surface area contributed by atoms with Crippen molar-refractivity contribution < 1.29 is 34.4 Å². The molecular weight excluding hydrogens is 376 g/mol. The van der Waals surface area contributed by atoms with Crippen molar-refractivity contribution in [1.29, 1.82) is 0 Å². The fraction of sp³-hybridized carbons (Fsp3) is 0.136. The summed E-state index contributed by atoms with van der Waals surface area (Å²) in [7, 11) is 2.32. The minimum absolute atomic E-state index is 0.399. The van der Waals surface area contributed by atoms with E-state index >= 15 is 0 Å². The van der Waals surface area contributed by atoms with Gasteiger partial charge in [-0.1, -0.05) is 54.6 Å². The van der Waals surface area contributed by atoms with Gasteiger partial charge < -0.3 is 20.1 Å². The molecule has 0 aliphatic carbocycles. The van der Waals surface area contributed by atoms with Gasteiger partial charge in [-0.15, -0.1) is 0 Å². The normalized spacial score (nSPS) is 10.0. The molecule has 154 valence electrons. The maximum absolute atomic E-state index is 10.7. The van der Waals surface area contributed by atoms with Crippen molar-refractivity contribution >= 4 is 30.7 Å². The molecule has 0 heterocycles. The molecule has 0 aromatic heterocycles. The maximum Gasteiger partial charge on any atom is 0.330 e. The number of hydrogen-bond acceptors (Lipinski definition) is 7. The zero-order chi connectivity index (χ0) is 22.1. The van der Waals surface area contributed by atoms with Crippen LogP contribution in [0.2, 0.25) is 0 Å². The lowest BCUT2D eigenvalue weighted by atomic mass is 10.1. The van der Waals surface area contributed by atoms with Crippen LogP contribution in [0.3, 0.4) is 0 Å². The summed E-state index contributed by atoms with van der Waals surface area (Å²) in [6.07, 6.45) is 5.86. The first kappa shape index (κ1) is 25.6. The van der Waals surface area contributed by atoms with Gasteiger partial charge in [0.1, 0.15) is 12.6 Å². The minimum atomic E-state index is -1.44. The van der Waals surface area contributed by atoms with Gasteiger partial charge in [0, 0.05) is 24.3 Å². The summed E-state index contributed by atoms with van der Waals surface area (Å²) in [4.78, 5) is 31.4. The molecule has 7 heteroatoms. The number of aliphatic hydroxyl groups excluding tert-OH is 2. The Balaban J connectivity index is 0.000000499. The van der Waals surface area contributed by atoms with E-state index in [1.807, 2.05) is 0 Å². The van der Waals surface area contributed by atoms with Gasteiger partial charge in [-0.05, 0) is 23.3 Å². The molecule has 0 radical (unpaired) electrons. The summed E-state index contributed by atoms with van der Waals surface area (Å²) in [6, 6.07) is 13.7. The van der Waals surface area contributed by atoms with E-state index in [0.717, 1.165) is 30.8 Å². The third kappa shape index (κ3) is 11.8. The van der Waals surface area contributed by atoms with E-state index in [0.29, 0.717) is 11.1 Å². The molecule has 0 fully saturated rings. The van der Waals surface area contributed by atoms with Gasteiger partial charge in [-0.2, -0.15) is 0 Å². The van der Waals surface area contributed by atoms with E-state index in [4.69, 9.17) is 15.3 Å². The van der Waals surface area contributed by atoms with Gasteiger partial charge in [0.25, 0.3) is 0 Å². The van der Waals surface area contributed by atoms with Crippen molar-refractivity contribution in [3.8, 4) is 0 Å². The Morgan fingerprint density at radius 3 is 1.52 bits per heavy atom. The zero-order valence-electron chi connectivity index (χ0n) is 16.1. The molecule has 2 rings (SSSR count). The van der Waals surface area contributed by atoms with Crippen LogP contribution in [0, 0.1) is 0 Å². The maximum atomic E-state index is 10.7. The highest BCUT2D eigenvalue weighted by atomic mass is 16.5. The number of esters is 1. The molecule has 0 amide bonds. The Bertz CT molecular complexity index is 789. The number of methoxy groups -OCH3 is 1. The van der Waals surface area contributed by atoms with Crippen molar-refractivity contribution in [2.45, 2.75) is 6.29 Å². The van der Waals surface area contributed by atoms with Crippen LogP contribution in [-0.2, 0) is 9.53 Å². The second-order valence-corrected chi connectivity index (χ2v) is 5.20. The molecule has 2 aromatic carbocycles. The Morgan fingerprint density at radius 2 is 1.17 bits per heavy atom. The van der Waals surface area contributed by atoms with Crippen LogP contribution in [0.1, 0.15) is 31.8 Å². The Labute approximate surface area is 169 Å². The van der Waals surface area contributed by atoms with Crippen LogP contribution in [0.4, 0.5) is 0 Å². The molecule has 29 heavy (non-hydrogen) atoms. The number of carbonyl (C=O) groups is 3. The molecule has 0 saturated carbocycles. The van der Waals surface area contributed by atoms with Gasteiger partial charge in [0.15, 0.2) is 6.29 Å². The van der Waals surface area contributed by atoms with Crippen LogP contribution in [0.25, 0.3) is 12.2 Å². The van der Waals surface area contributed by atoms with E-state index in [9.17, 15) is 14.4 Å². The SMILES string of the molecule is CO.COC(=O)/C=C/c1ccc(C=O)cc1.O=Cc1ccc(/C=C/C(O)O)cc1. The quantitative estimate of drug-likeness (QED) is 0.294. The van der Waals surface area contributed by atoms with Gasteiger partial charge >= 0.3 is 5.97 Å². The highest BCUT2D eigenvalue weighted by Gasteiger charge is 1.93. The Morgan fingerprint density at radius 1 is 0.793 bits per heavy atom. The van der Waals surface area contributed by atoms with E-state index in [2.05, 4.69) is 4.74 Å². The van der Waals surface area contributed by atoms with Gasteiger partial charge in [0.05, 0.1) is 7.11 Å². The first-order valence-electron chi connectivity index (χ1n) is 8.34. The first-order chi connectivity index (χ1) is 14.0. The first-order valence-corrected chi connectivity index (χ1v) is 8.34. The van der Waals surface area contributed by atoms with Crippen molar-refractivity contribution in [3.05, 3.63) is 82.9 Å². The molecular formula is C22H24O7.